The number of carbonyl (C=O) groups is 1. The van der Waals surface area contributed by atoms with Gasteiger partial charge in [0.2, 0.25) is 11.9 Å². The molecule has 138 valence electrons. The summed E-state index contributed by atoms with van der Waals surface area (Å²) in [5.74, 6) is 1.76. The summed E-state index contributed by atoms with van der Waals surface area (Å²) in [7, 11) is 0. The summed E-state index contributed by atoms with van der Waals surface area (Å²) in [6.45, 7) is 3.02. The first-order valence-corrected chi connectivity index (χ1v) is 8.70. The van der Waals surface area contributed by atoms with Crippen LogP contribution in [0.2, 0.25) is 0 Å². The van der Waals surface area contributed by atoms with Crippen molar-refractivity contribution in [2.75, 3.05) is 36.4 Å². The van der Waals surface area contributed by atoms with E-state index in [1.165, 1.54) is 0 Å². The number of nitrogens with zero attached hydrogens (tertiary/aromatic N) is 6. The molecule has 0 bridgehead atoms. The van der Waals surface area contributed by atoms with Crippen molar-refractivity contribution in [1.29, 1.82) is 0 Å². The normalized spacial score (nSPS) is 14.2. The van der Waals surface area contributed by atoms with Gasteiger partial charge in [-0.3, -0.25) is 4.79 Å². The molecule has 9 heteroatoms. The Morgan fingerprint density at radius 3 is 2.59 bits per heavy atom. The maximum absolute atomic E-state index is 12.8. The third-order valence-corrected chi connectivity index (χ3v) is 4.28. The van der Waals surface area contributed by atoms with E-state index in [2.05, 4.69) is 30.2 Å². The van der Waals surface area contributed by atoms with Crippen LogP contribution >= 0.6 is 0 Å². The second kappa shape index (κ2) is 7.81. The average Bonchev–Trinajstić information content (AvgIpc) is 3.26. The molecular weight excluding hydrogens is 346 g/mol. The third-order valence-electron chi connectivity index (χ3n) is 4.28. The lowest BCUT2D eigenvalue weighted by atomic mass is 10.2. The standard InChI is InChI=1S/C18H19N7O2/c26-16(24-8-10-25(11-9-24)18-20-5-2-6-21-18)15-4-7-19-17(23-15)22-13-14-3-1-12-27-14/h1-7,12H,8-11,13H2,(H,19,22,23). The van der Waals surface area contributed by atoms with Crippen molar-refractivity contribution in [3.63, 3.8) is 0 Å². The van der Waals surface area contributed by atoms with E-state index in [9.17, 15) is 4.79 Å². The van der Waals surface area contributed by atoms with Crippen molar-refractivity contribution < 1.29 is 9.21 Å². The Morgan fingerprint density at radius 1 is 1.04 bits per heavy atom. The van der Waals surface area contributed by atoms with Gasteiger partial charge in [0.25, 0.3) is 5.91 Å². The molecule has 9 nitrogen and oxygen atoms in total. The lowest BCUT2D eigenvalue weighted by molar-refractivity contribution is 0.0740. The minimum Gasteiger partial charge on any atom is -0.467 e. The Bertz CT molecular complexity index is 878. The Kier molecular flexibility index (Phi) is 4.91. The highest BCUT2D eigenvalue weighted by atomic mass is 16.3. The van der Waals surface area contributed by atoms with E-state index in [-0.39, 0.29) is 5.91 Å². The van der Waals surface area contributed by atoms with E-state index in [1.54, 1.807) is 41.9 Å². The zero-order chi connectivity index (χ0) is 18.5. The van der Waals surface area contributed by atoms with Crippen LogP contribution in [0.1, 0.15) is 16.2 Å². The van der Waals surface area contributed by atoms with E-state index in [1.807, 2.05) is 12.1 Å². The number of anilines is 2. The van der Waals surface area contributed by atoms with E-state index < -0.39 is 0 Å². The van der Waals surface area contributed by atoms with Crippen molar-refractivity contribution in [2.45, 2.75) is 6.54 Å². The van der Waals surface area contributed by atoms with Gasteiger partial charge >= 0.3 is 0 Å². The summed E-state index contributed by atoms with van der Waals surface area (Å²) in [5.41, 5.74) is 0.372. The predicted molar refractivity (Wildman–Crippen MR) is 98.2 cm³/mol. The lowest BCUT2D eigenvalue weighted by Crippen LogP contribution is -2.49. The van der Waals surface area contributed by atoms with Crippen molar-refractivity contribution in [3.8, 4) is 0 Å². The summed E-state index contributed by atoms with van der Waals surface area (Å²) in [6.07, 6.45) is 6.63. The zero-order valence-corrected chi connectivity index (χ0v) is 14.7. The second-order valence-electron chi connectivity index (χ2n) is 6.03. The third kappa shape index (κ3) is 4.02. The van der Waals surface area contributed by atoms with Crippen LogP contribution in [-0.2, 0) is 6.54 Å². The number of carbonyl (C=O) groups excluding carboxylic acids is 1. The van der Waals surface area contributed by atoms with Gasteiger partial charge in [-0.15, -0.1) is 0 Å². The largest absolute Gasteiger partial charge is 0.467 e. The van der Waals surface area contributed by atoms with Crippen LogP contribution in [0.3, 0.4) is 0 Å². The molecule has 4 heterocycles. The molecule has 1 saturated heterocycles. The van der Waals surface area contributed by atoms with E-state index in [4.69, 9.17) is 4.42 Å². The van der Waals surface area contributed by atoms with Crippen molar-refractivity contribution in [2.24, 2.45) is 0 Å². The molecule has 1 fully saturated rings. The van der Waals surface area contributed by atoms with Gasteiger partial charge in [0.05, 0.1) is 12.8 Å². The highest BCUT2D eigenvalue weighted by Crippen LogP contribution is 2.13. The van der Waals surface area contributed by atoms with Gasteiger partial charge < -0.3 is 19.5 Å². The summed E-state index contributed by atoms with van der Waals surface area (Å²) >= 11 is 0. The molecule has 0 saturated carbocycles. The van der Waals surface area contributed by atoms with Crippen molar-refractivity contribution in [3.05, 3.63) is 60.6 Å². The number of furan rings is 1. The summed E-state index contributed by atoms with van der Waals surface area (Å²) in [6, 6.07) is 7.10. The molecule has 3 aromatic heterocycles. The Hall–Kier alpha value is -3.49. The quantitative estimate of drug-likeness (QED) is 0.725. The van der Waals surface area contributed by atoms with Crippen LogP contribution in [-0.4, -0.2) is 56.9 Å². The molecule has 0 spiro atoms. The molecule has 4 rings (SSSR count). The number of piperazine rings is 1. The number of nitrogens with one attached hydrogen (secondary N) is 1. The molecule has 3 aromatic rings. The van der Waals surface area contributed by atoms with Gasteiger partial charge in [-0.05, 0) is 24.3 Å². The van der Waals surface area contributed by atoms with Crippen LogP contribution < -0.4 is 10.2 Å². The molecule has 0 unspecified atom stereocenters. The molecular formula is C18H19N7O2. The number of hydrogen-bond donors (Lipinski definition) is 1. The first-order chi connectivity index (χ1) is 13.3. The molecule has 0 aliphatic carbocycles. The Labute approximate surface area is 156 Å². The van der Waals surface area contributed by atoms with Crippen LogP contribution in [0.25, 0.3) is 0 Å². The SMILES string of the molecule is O=C(c1ccnc(NCc2ccco2)n1)N1CCN(c2ncccn2)CC1. The summed E-state index contributed by atoms with van der Waals surface area (Å²) in [5, 5.41) is 3.06. The molecule has 1 aliphatic heterocycles. The molecule has 0 aromatic carbocycles. The highest BCUT2D eigenvalue weighted by molar-refractivity contribution is 5.92. The fourth-order valence-corrected chi connectivity index (χ4v) is 2.87. The van der Waals surface area contributed by atoms with Gasteiger partial charge in [0.1, 0.15) is 11.5 Å². The highest BCUT2D eigenvalue weighted by Gasteiger charge is 2.24. The minimum absolute atomic E-state index is 0.105. The summed E-state index contributed by atoms with van der Waals surface area (Å²) < 4.78 is 5.27. The molecule has 27 heavy (non-hydrogen) atoms. The van der Waals surface area contributed by atoms with Crippen molar-refractivity contribution >= 4 is 17.8 Å². The molecule has 0 atom stereocenters. The van der Waals surface area contributed by atoms with Crippen LogP contribution in [0.4, 0.5) is 11.9 Å². The smallest absolute Gasteiger partial charge is 0.272 e. The van der Waals surface area contributed by atoms with Gasteiger partial charge in [-0.25, -0.2) is 19.9 Å². The fourth-order valence-electron chi connectivity index (χ4n) is 2.87. The Morgan fingerprint density at radius 2 is 1.85 bits per heavy atom. The maximum atomic E-state index is 12.8. The van der Waals surface area contributed by atoms with Crippen molar-refractivity contribution in [1.82, 2.24) is 24.8 Å². The first-order valence-electron chi connectivity index (χ1n) is 8.70. The number of hydrogen-bond acceptors (Lipinski definition) is 8. The lowest BCUT2D eigenvalue weighted by Gasteiger charge is -2.34. The second-order valence-corrected chi connectivity index (χ2v) is 6.03. The van der Waals surface area contributed by atoms with Gasteiger partial charge in [0.15, 0.2) is 0 Å². The first kappa shape index (κ1) is 17.0. The van der Waals surface area contributed by atoms with Gasteiger partial charge in [0, 0.05) is 44.8 Å². The number of amides is 1. The maximum Gasteiger partial charge on any atom is 0.272 e. The summed E-state index contributed by atoms with van der Waals surface area (Å²) in [4.78, 5) is 33.6. The topological polar surface area (TPSA) is 100 Å². The minimum atomic E-state index is -0.105. The molecule has 0 radical (unpaired) electrons. The Balaban J connectivity index is 1.36. The van der Waals surface area contributed by atoms with Crippen LogP contribution in [0, 0.1) is 0 Å². The molecule has 1 aliphatic rings. The molecule has 1 N–H and O–H groups in total. The van der Waals surface area contributed by atoms with Gasteiger partial charge in [-0.2, -0.15) is 0 Å². The monoisotopic (exact) mass is 365 g/mol. The van der Waals surface area contributed by atoms with E-state index in [0.29, 0.717) is 50.3 Å². The zero-order valence-electron chi connectivity index (χ0n) is 14.7. The van der Waals surface area contributed by atoms with Crippen LogP contribution in [0.15, 0.2) is 53.5 Å². The fraction of sp³-hybridized carbons (Fsp3) is 0.278. The predicted octanol–water partition coefficient (Wildman–Crippen LogP) is 1.43. The van der Waals surface area contributed by atoms with E-state index >= 15 is 0 Å². The average molecular weight is 365 g/mol. The van der Waals surface area contributed by atoms with E-state index in [0.717, 1.165) is 5.76 Å². The number of aromatic nitrogens is 4. The number of rotatable bonds is 5. The molecule has 1 amide bonds. The van der Waals surface area contributed by atoms with Gasteiger partial charge in [-0.1, -0.05) is 0 Å². The van der Waals surface area contributed by atoms with Crippen LogP contribution in [0.5, 0.6) is 0 Å².